The third kappa shape index (κ3) is 13.7. The summed E-state index contributed by atoms with van der Waals surface area (Å²) in [5.74, 6) is -1.41. The van der Waals surface area contributed by atoms with Crippen molar-refractivity contribution in [2.75, 3.05) is 19.5 Å². The van der Waals surface area contributed by atoms with Crippen molar-refractivity contribution in [2.24, 2.45) is 25.4 Å². The number of azo groups is 2. The quantitative estimate of drug-likeness (QED) is 0.0260. The topological polar surface area (TPSA) is 284 Å². The van der Waals surface area contributed by atoms with Crippen LogP contribution < -0.4 is 25.0 Å². The Balaban J connectivity index is 0.000000241. The van der Waals surface area contributed by atoms with Crippen molar-refractivity contribution in [2.45, 2.75) is 36.5 Å². The van der Waals surface area contributed by atoms with E-state index in [-0.39, 0.29) is 92.8 Å². The molecule has 0 saturated heterocycles. The number of rotatable bonds is 14. The molecular weight excluding hydrogens is 1170 g/mol. The van der Waals surface area contributed by atoms with Crippen LogP contribution in [-0.4, -0.2) is 106 Å². The number of phenolic OH excluding ortho intramolecular Hbond substituents is 1. The third-order valence-corrected chi connectivity index (χ3v) is 14.0. The number of aliphatic imine (C=N–C) groups is 1. The molecule has 0 aliphatic carbocycles. The number of nitrogens with one attached hydrogen (secondary N) is 1. The summed E-state index contributed by atoms with van der Waals surface area (Å²) >= 11 is 12.2. The molecule has 8 aromatic rings. The zero-order chi connectivity index (χ0) is 53.5. The van der Waals surface area contributed by atoms with Gasteiger partial charge >= 0.3 is 48.9 Å². The number of carbonyl (C=O) groups excluding carboxylic acids is 1. The van der Waals surface area contributed by atoms with E-state index in [9.17, 15) is 46.1 Å². The number of nitrogens with zero attached hydrogens (tertiary/aromatic N) is 5. The van der Waals surface area contributed by atoms with Crippen molar-refractivity contribution in [1.82, 2.24) is 0 Å². The molecule has 1 amide bonds. The van der Waals surface area contributed by atoms with E-state index in [0.29, 0.717) is 68.4 Å². The Hall–Kier alpha value is -6.41. The summed E-state index contributed by atoms with van der Waals surface area (Å²) in [7, 11) is -6.24. The van der Waals surface area contributed by atoms with Crippen molar-refractivity contribution in [3.8, 4) is 23.0 Å². The summed E-state index contributed by atoms with van der Waals surface area (Å²) in [6.45, 7) is 3.51. The molecule has 380 valence electrons. The van der Waals surface area contributed by atoms with Gasteiger partial charge < -0.3 is 30.1 Å². The van der Waals surface area contributed by atoms with Gasteiger partial charge in [0.05, 0.1) is 52.6 Å². The van der Waals surface area contributed by atoms with Gasteiger partial charge in [-0.2, -0.15) is 32.2 Å². The van der Waals surface area contributed by atoms with Gasteiger partial charge in [-0.3, -0.25) is 18.9 Å². The summed E-state index contributed by atoms with van der Waals surface area (Å²) in [5.41, 5.74) is 1.40. The molecular formula is C52H42BaCl2N6O12S2. The number of hydrogen-bond donors (Lipinski definition) is 4. The number of halogens is 2. The Morgan fingerprint density at radius 3 is 1.61 bits per heavy atom. The molecule has 18 nitrogen and oxygen atoms in total. The molecule has 0 fully saturated rings. The van der Waals surface area contributed by atoms with Crippen LogP contribution in [0.15, 0.2) is 169 Å². The molecule has 0 aliphatic heterocycles. The Bertz CT molecular complexity index is 3830. The van der Waals surface area contributed by atoms with Gasteiger partial charge in [0.1, 0.15) is 27.0 Å². The number of amides is 1. The number of phenols is 1. The van der Waals surface area contributed by atoms with Crippen LogP contribution in [0.2, 0.25) is 10.0 Å². The number of aromatic hydroxyl groups is 1. The van der Waals surface area contributed by atoms with Gasteiger partial charge in [0, 0.05) is 28.6 Å². The van der Waals surface area contributed by atoms with Crippen LogP contribution in [0, 0.1) is 0 Å². The molecule has 0 heterocycles. The average molecular weight is 1220 g/mol. The smallest absolute Gasteiger partial charge is 0.871 e. The summed E-state index contributed by atoms with van der Waals surface area (Å²) < 4.78 is 76.6. The zero-order valence-corrected chi connectivity index (χ0v) is 47.7. The number of ether oxygens (including phenoxy) is 2. The predicted molar refractivity (Wildman–Crippen MR) is 285 cm³/mol. The van der Waals surface area contributed by atoms with E-state index in [1.165, 1.54) is 38.5 Å². The molecule has 0 radical (unpaired) electrons. The van der Waals surface area contributed by atoms with Crippen molar-refractivity contribution in [1.29, 1.82) is 0 Å². The molecule has 8 rings (SSSR count). The van der Waals surface area contributed by atoms with E-state index in [4.69, 9.17) is 32.7 Å². The van der Waals surface area contributed by atoms with E-state index >= 15 is 0 Å². The fourth-order valence-corrected chi connectivity index (χ4v) is 9.74. The van der Waals surface area contributed by atoms with Crippen LogP contribution in [0.1, 0.15) is 40.9 Å². The van der Waals surface area contributed by atoms with Crippen molar-refractivity contribution in [3.05, 3.63) is 166 Å². The maximum atomic E-state index is 13.3. The number of methoxy groups -OCH3 is 2. The average Bonchev–Trinajstić information content (AvgIpc) is 3.37. The summed E-state index contributed by atoms with van der Waals surface area (Å²) in [5, 5.41) is 58.4. The molecule has 8 aromatic carbocycles. The van der Waals surface area contributed by atoms with Crippen molar-refractivity contribution in [3.63, 3.8) is 0 Å². The Morgan fingerprint density at radius 1 is 0.613 bits per heavy atom. The number of aryl methyl sites for hydroxylation is 2. The fraction of sp³-hybridized carbons (Fsp3) is 0.115. The first-order chi connectivity index (χ1) is 35.2. The van der Waals surface area contributed by atoms with Crippen LogP contribution in [0.5, 0.6) is 23.0 Å². The number of anilines is 1. The second-order valence-electron chi connectivity index (χ2n) is 15.9. The van der Waals surface area contributed by atoms with Crippen LogP contribution >= 0.6 is 23.2 Å². The van der Waals surface area contributed by atoms with Gasteiger partial charge in [0.15, 0.2) is 5.75 Å². The van der Waals surface area contributed by atoms with Gasteiger partial charge in [-0.05, 0) is 107 Å². The first kappa shape index (κ1) is 57.9. The molecule has 23 heteroatoms. The van der Waals surface area contributed by atoms with Crippen molar-refractivity contribution < 1.29 is 55.5 Å². The summed E-state index contributed by atoms with van der Waals surface area (Å²) in [4.78, 5) is 16.1. The maximum Gasteiger partial charge on any atom is 2.00 e. The monoisotopic (exact) mass is 1210 g/mol. The molecule has 0 spiro atoms. The van der Waals surface area contributed by atoms with E-state index in [2.05, 4.69) is 30.8 Å². The standard InChI is InChI=1S/2C26H22ClN3O6S.Ba/c2*1-3-15-11-18(14-22(23(15)27)37(33,34)35)29-30-24-20-10-5-4-7-16(20)12-21(25(24)31)26(32)28-17-8-6-9-19(13-17)36-2;/h2*4-14,31H,3H2,1-2H3,(H,28,32)(H,33,34,35);/q;;+2/p-2. The zero-order valence-electron chi connectivity index (χ0n) is 40.1. The molecule has 0 unspecified atom stereocenters. The molecule has 0 atom stereocenters. The van der Waals surface area contributed by atoms with Gasteiger partial charge in [0.2, 0.25) is 0 Å². The second-order valence-corrected chi connectivity index (χ2v) is 19.4. The van der Waals surface area contributed by atoms with E-state index < -0.39 is 53.3 Å². The van der Waals surface area contributed by atoms with Crippen LogP contribution in [0.4, 0.5) is 34.1 Å². The number of benzene rings is 8. The molecule has 4 N–H and O–H groups in total. The predicted octanol–water partition coefficient (Wildman–Crippen LogP) is 11.5. The summed E-state index contributed by atoms with van der Waals surface area (Å²) in [6.07, 6.45) is 0.731. The second kappa shape index (κ2) is 25.0. The van der Waals surface area contributed by atoms with Gasteiger partial charge in [-0.1, -0.05) is 103 Å². The molecule has 0 bridgehead atoms. The van der Waals surface area contributed by atoms with Gasteiger partial charge in [0.25, 0.3) is 26.1 Å². The molecule has 0 aromatic heterocycles. The summed E-state index contributed by atoms with van der Waals surface area (Å²) in [6, 6.07) is 35.2. The van der Waals surface area contributed by atoms with Gasteiger partial charge in [-0.15, -0.1) is 5.11 Å². The Kier molecular flexibility index (Phi) is 19.3. The van der Waals surface area contributed by atoms with Gasteiger partial charge in [-0.25, -0.2) is 0 Å². The fourth-order valence-electron chi connectivity index (χ4n) is 7.42. The van der Waals surface area contributed by atoms with E-state index in [1.807, 2.05) is 0 Å². The molecule has 0 aliphatic rings. The van der Waals surface area contributed by atoms with Crippen molar-refractivity contribution >= 4 is 160 Å². The largest absolute Gasteiger partial charge is 2.00 e. The SMILES string of the molecule is CCc1cc(N=Nc2c(O)c(C(=O)Nc3cccc(OC)c3)cc3ccccc23)cc(S(=O)(=O)O)c1Cl.CCc1cc(N=Nc2c([O-])c(C([O-])=Nc3cccc(OC)c3)cc3ccccc23)cc(S(=O)(=O)O)c1Cl.[Ba+2]. The number of fused-ring (bicyclic) bond motifs is 2. The maximum absolute atomic E-state index is 13.3. The van der Waals surface area contributed by atoms with Crippen LogP contribution in [-0.2, 0) is 33.1 Å². The molecule has 0 saturated carbocycles. The van der Waals surface area contributed by atoms with E-state index in [1.54, 1.807) is 111 Å². The normalized spacial score (nSPS) is 11.9. The molecule has 75 heavy (non-hydrogen) atoms. The minimum Gasteiger partial charge on any atom is -0.871 e. The Morgan fingerprint density at radius 2 is 1.09 bits per heavy atom. The number of carbonyl (C=O) groups is 1. The minimum atomic E-state index is -4.63. The Labute approximate surface area is 481 Å². The number of hydrogen-bond acceptors (Lipinski definition) is 15. The third-order valence-electron chi connectivity index (χ3n) is 11.1. The van der Waals surface area contributed by atoms with Crippen LogP contribution in [0.3, 0.4) is 0 Å². The minimum absolute atomic E-state index is 0. The first-order valence-corrected chi connectivity index (χ1v) is 25.6. The van der Waals surface area contributed by atoms with E-state index in [0.717, 1.165) is 12.1 Å². The first-order valence-electron chi connectivity index (χ1n) is 22.0. The van der Waals surface area contributed by atoms with Crippen LogP contribution in [0.25, 0.3) is 21.5 Å².